The first-order valence-electron chi connectivity index (χ1n) is 5.37. The normalized spacial score (nSPS) is 14.4. The number of rotatable bonds is 5. The highest BCUT2D eigenvalue weighted by Crippen LogP contribution is 2.27. The van der Waals surface area contributed by atoms with Crippen LogP contribution in [-0.4, -0.2) is 17.1 Å². The first-order valence-corrected chi connectivity index (χ1v) is 5.75. The molecular weight excluding hydrogens is 245 g/mol. The Balaban J connectivity index is 3.07. The number of halogens is 2. The molecule has 0 amide bonds. The molecule has 0 radical (unpaired) electrons. The van der Waals surface area contributed by atoms with Gasteiger partial charge in [0.2, 0.25) is 0 Å². The van der Waals surface area contributed by atoms with Crippen LogP contribution in [0.5, 0.6) is 0 Å². The van der Waals surface area contributed by atoms with E-state index in [2.05, 4.69) is 0 Å². The van der Waals surface area contributed by atoms with E-state index in [0.29, 0.717) is 12.0 Å². The van der Waals surface area contributed by atoms with E-state index < -0.39 is 17.7 Å². The van der Waals surface area contributed by atoms with E-state index in [9.17, 15) is 9.18 Å². The molecule has 0 aliphatic carbocycles. The van der Waals surface area contributed by atoms with Crippen molar-refractivity contribution in [1.29, 1.82) is 0 Å². The summed E-state index contributed by atoms with van der Waals surface area (Å²) in [5.41, 5.74) is 6.40. The highest BCUT2D eigenvalue weighted by atomic mass is 35.5. The molecule has 1 rings (SSSR count). The van der Waals surface area contributed by atoms with Crippen molar-refractivity contribution in [3.05, 3.63) is 34.6 Å². The minimum atomic E-state index is -0.959. The largest absolute Gasteiger partial charge is 0.481 e. The fraction of sp³-hybridized carbons (Fsp3) is 0.417. The Morgan fingerprint density at radius 1 is 1.53 bits per heavy atom. The Kier molecular flexibility index (Phi) is 4.90. The van der Waals surface area contributed by atoms with E-state index in [1.165, 1.54) is 12.1 Å². The van der Waals surface area contributed by atoms with Gasteiger partial charge in [-0.15, -0.1) is 0 Å². The molecule has 0 aliphatic heterocycles. The maximum atomic E-state index is 13.2. The minimum Gasteiger partial charge on any atom is -0.481 e. The van der Waals surface area contributed by atoms with E-state index in [0.717, 1.165) is 0 Å². The van der Waals surface area contributed by atoms with Gasteiger partial charge >= 0.3 is 5.97 Å². The molecule has 94 valence electrons. The second-order valence-corrected chi connectivity index (χ2v) is 4.42. The zero-order valence-corrected chi connectivity index (χ0v) is 10.2. The third kappa shape index (κ3) is 3.98. The van der Waals surface area contributed by atoms with E-state index in [-0.39, 0.29) is 17.5 Å². The predicted octanol–water partition coefficient (Wildman–Crippen LogP) is 2.77. The quantitative estimate of drug-likeness (QED) is 0.855. The van der Waals surface area contributed by atoms with Crippen LogP contribution in [-0.2, 0) is 4.79 Å². The third-order valence-corrected chi connectivity index (χ3v) is 2.91. The van der Waals surface area contributed by atoms with Gasteiger partial charge in [0.15, 0.2) is 0 Å². The van der Waals surface area contributed by atoms with Gasteiger partial charge < -0.3 is 10.8 Å². The van der Waals surface area contributed by atoms with Crippen molar-refractivity contribution in [3.8, 4) is 0 Å². The van der Waals surface area contributed by atoms with Crippen molar-refractivity contribution in [1.82, 2.24) is 0 Å². The summed E-state index contributed by atoms with van der Waals surface area (Å²) < 4.78 is 13.2. The van der Waals surface area contributed by atoms with E-state index >= 15 is 0 Å². The summed E-state index contributed by atoms with van der Waals surface area (Å²) in [6.07, 6.45) is 0.487. The van der Waals surface area contributed by atoms with Gasteiger partial charge in [-0.25, -0.2) is 4.39 Å². The van der Waals surface area contributed by atoms with Crippen LogP contribution in [0, 0.1) is 5.82 Å². The Morgan fingerprint density at radius 3 is 2.65 bits per heavy atom. The summed E-state index contributed by atoms with van der Waals surface area (Å²) in [5, 5.41) is 9.09. The lowest BCUT2D eigenvalue weighted by atomic mass is 9.87. The van der Waals surface area contributed by atoms with Gasteiger partial charge in [-0.1, -0.05) is 18.5 Å². The average Bonchev–Trinajstić information content (AvgIpc) is 2.23. The molecule has 1 aromatic carbocycles. The van der Waals surface area contributed by atoms with Crippen molar-refractivity contribution < 1.29 is 14.3 Å². The molecule has 0 saturated heterocycles. The molecule has 0 aromatic heterocycles. The maximum Gasteiger partial charge on any atom is 0.304 e. The number of carboxylic acids is 1. The molecule has 2 unspecified atom stereocenters. The molecule has 0 bridgehead atoms. The Bertz CT molecular complexity index is 391. The summed E-state index contributed by atoms with van der Waals surface area (Å²) in [4.78, 5) is 10.8. The molecule has 0 spiro atoms. The summed E-state index contributed by atoms with van der Waals surface area (Å²) in [7, 11) is 0. The van der Waals surface area contributed by atoms with Crippen LogP contribution in [0.1, 0.15) is 31.2 Å². The first kappa shape index (κ1) is 13.9. The molecule has 2 atom stereocenters. The molecule has 5 heteroatoms. The van der Waals surface area contributed by atoms with Crippen LogP contribution < -0.4 is 5.73 Å². The number of hydrogen-bond donors (Lipinski definition) is 2. The minimum absolute atomic E-state index is 0.130. The second kappa shape index (κ2) is 5.98. The number of carbonyl (C=O) groups is 1. The standard InChI is InChI=1S/C12H15ClFNO2/c1-2-11(15)10(6-12(16)17)7-3-8(13)5-9(14)4-7/h3-5,10-11H,2,6,15H2,1H3,(H,16,17). The number of hydrogen-bond acceptors (Lipinski definition) is 2. The first-order chi connectivity index (χ1) is 7.93. The number of benzene rings is 1. The lowest BCUT2D eigenvalue weighted by molar-refractivity contribution is -0.137. The SMILES string of the molecule is CCC(N)C(CC(=O)O)c1cc(F)cc(Cl)c1. The Labute approximate surface area is 104 Å². The molecule has 0 heterocycles. The van der Waals surface area contributed by atoms with Crippen molar-refractivity contribution in [2.75, 3.05) is 0 Å². The van der Waals surface area contributed by atoms with E-state index in [1.807, 2.05) is 6.92 Å². The highest BCUT2D eigenvalue weighted by Gasteiger charge is 2.22. The Morgan fingerprint density at radius 2 is 2.18 bits per heavy atom. The summed E-state index contributed by atoms with van der Waals surface area (Å²) >= 11 is 5.75. The van der Waals surface area contributed by atoms with Crippen molar-refractivity contribution >= 4 is 17.6 Å². The molecule has 3 nitrogen and oxygen atoms in total. The maximum absolute atomic E-state index is 13.2. The molecule has 0 fully saturated rings. The lowest BCUT2D eigenvalue weighted by Crippen LogP contribution is -2.29. The van der Waals surface area contributed by atoms with Crippen LogP contribution in [0.3, 0.4) is 0 Å². The smallest absolute Gasteiger partial charge is 0.304 e. The molecular formula is C12H15ClFNO2. The number of nitrogens with two attached hydrogens (primary N) is 1. The van der Waals surface area contributed by atoms with Crippen molar-refractivity contribution in [3.63, 3.8) is 0 Å². The average molecular weight is 260 g/mol. The van der Waals surface area contributed by atoms with Crippen LogP contribution in [0.25, 0.3) is 0 Å². The van der Waals surface area contributed by atoms with Crippen molar-refractivity contribution in [2.45, 2.75) is 31.7 Å². The van der Waals surface area contributed by atoms with Crippen LogP contribution in [0.2, 0.25) is 5.02 Å². The Hall–Kier alpha value is -1.13. The predicted molar refractivity (Wildman–Crippen MR) is 64.7 cm³/mol. The number of carboxylic acid groups (broad SMARTS) is 1. The van der Waals surface area contributed by atoms with Gasteiger partial charge in [0.25, 0.3) is 0 Å². The lowest BCUT2D eigenvalue weighted by Gasteiger charge is -2.22. The summed E-state index contributed by atoms with van der Waals surface area (Å²) in [5.74, 6) is -1.86. The topological polar surface area (TPSA) is 63.3 Å². The third-order valence-electron chi connectivity index (χ3n) is 2.70. The van der Waals surface area contributed by atoms with Gasteiger partial charge in [0, 0.05) is 17.0 Å². The highest BCUT2D eigenvalue weighted by molar-refractivity contribution is 6.30. The van der Waals surface area contributed by atoms with E-state index in [1.54, 1.807) is 6.07 Å². The van der Waals surface area contributed by atoms with Gasteiger partial charge in [0.1, 0.15) is 5.82 Å². The van der Waals surface area contributed by atoms with Crippen LogP contribution >= 0.6 is 11.6 Å². The van der Waals surface area contributed by atoms with Gasteiger partial charge in [-0.2, -0.15) is 0 Å². The monoisotopic (exact) mass is 259 g/mol. The van der Waals surface area contributed by atoms with Gasteiger partial charge in [-0.05, 0) is 30.2 Å². The second-order valence-electron chi connectivity index (χ2n) is 3.98. The molecule has 1 aromatic rings. The number of aliphatic carboxylic acids is 1. The van der Waals surface area contributed by atoms with Gasteiger partial charge in [-0.3, -0.25) is 4.79 Å². The fourth-order valence-electron chi connectivity index (χ4n) is 1.78. The summed E-state index contributed by atoms with van der Waals surface area (Å²) in [6.45, 7) is 1.86. The van der Waals surface area contributed by atoms with Crippen LogP contribution in [0.4, 0.5) is 4.39 Å². The zero-order valence-electron chi connectivity index (χ0n) is 9.49. The van der Waals surface area contributed by atoms with Crippen LogP contribution in [0.15, 0.2) is 18.2 Å². The molecule has 17 heavy (non-hydrogen) atoms. The van der Waals surface area contributed by atoms with Gasteiger partial charge in [0.05, 0.1) is 6.42 Å². The van der Waals surface area contributed by atoms with E-state index in [4.69, 9.17) is 22.4 Å². The summed E-state index contributed by atoms with van der Waals surface area (Å²) in [6, 6.07) is 3.70. The van der Waals surface area contributed by atoms with Crippen molar-refractivity contribution in [2.24, 2.45) is 5.73 Å². The molecule has 0 saturated carbocycles. The molecule has 0 aliphatic rings. The fourth-order valence-corrected chi connectivity index (χ4v) is 2.01. The molecule has 3 N–H and O–H groups in total. The zero-order chi connectivity index (χ0) is 13.0.